The summed E-state index contributed by atoms with van der Waals surface area (Å²) in [5.74, 6) is -0.0143. The maximum absolute atomic E-state index is 12.0. The molecule has 3 rings (SSSR count). The molecule has 0 atom stereocenters. The summed E-state index contributed by atoms with van der Waals surface area (Å²) in [5.41, 5.74) is 1.97. The van der Waals surface area contributed by atoms with Crippen LogP contribution in [-0.2, 0) is 4.79 Å². The first-order valence-electron chi connectivity index (χ1n) is 7.85. The van der Waals surface area contributed by atoms with Crippen molar-refractivity contribution in [3.63, 3.8) is 0 Å². The van der Waals surface area contributed by atoms with Crippen LogP contribution in [-0.4, -0.2) is 23.5 Å². The molecule has 1 aliphatic carbocycles. The van der Waals surface area contributed by atoms with E-state index < -0.39 is 0 Å². The molecule has 0 saturated heterocycles. The lowest BCUT2D eigenvalue weighted by atomic mass is 9.95. The van der Waals surface area contributed by atoms with E-state index in [-0.39, 0.29) is 18.3 Å². The standard InChI is InChI=1S/C17H21N3OS.ClH/c21-16(11-18-14-9-5-2-6-10-14)20-17-19-15(12-22-17)13-7-3-1-4-8-13;/h1,3-4,7-8,12,14,18H,2,5-6,9-11H2,(H,19,20,21);1H. The molecule has 1 saturated carbocycles. The summed E-state index contributed by atoms with van der Waals surface area (Å²) in [4.78, 5) is 16.5. The first kappa shape index (κ1) is 17.9. The van der Waals surface area contributed by atoms with Gasteiger partial charge in [0, 0.05) is 17.0 Å². The van der Waals surface area contributed by atoms with Crippen LogP contribution in [0.15, 0.2) is 35.7 Å². The second-order valence-electron chi connectivity index (χ2n) is 5.67. The monoisotopic (exact) mass is 351 g/mol. The molecule has 2 aromatic rings. The van der Waals surface area contributed by atoms with E-state index in [9.17, 15) is 4.79 Å². The lowest BCUT2D eigenvalue weighted by molar-refractivity contribution is -0.115. The lowest BCUT2D eigenvalue weighted by Crippen LogP contribution is -2.37. The van der Waals surface area contributed by atoms with E-state index in [4.69, 9.17) is 0 Å². The summed E-state index contributed by atoms with van der Waals surface area (Å²) in [6.07, 6.45) is 6.23. The second-order valence-corrected chi connectivity index (χ2v) is 6.53. The SMILES string of the molecule is Cl.O=C(CNC1CCCCC1)Nc1nc(-c2ccccc2)cs1. The highest BCUT2D eigenvalue weighted by Crippen LogP contribution is 2.24. The molecule has 0 bridgehead atoms. The molecule has 124 valence electrons. The van der Waals surface area contributed by atoms with E-state index >= 15 is 0 Å². The van der Waals surface area contributed by atoms with Gasteiger partial charge in [-0.2, -0.15) is 0 Å². The number of rotatable bonds is 5. The van der Waals surface area contributed by atoms with Gasteiger partial charge < -0.3 is 10.6 Å². The van der Waals surface area contributed by atoms with Gasteiger partial charge in [0.1, 0.15) is 0 Å². The van der Waals surface area contributed by atoms with Gasteiger partial charge in [-0.1, -0.05) is 49.6 Å². The Bertz CT molecular complexity index is 611. The molecule has 0 unspecified atom stereocenters. The molecule has 1 aliphatic rings. The topological polar surface area (TPSA) is 54.0 Å². The number of benzene rings is 1. The minimum Gasteiger partial charge on any atom is -0.306 e. The fourth-order valence-electron chi connectivity index (χ4n) is 2.78. The molecule has 1 aromatic heterocycles. The van der Waals surface area contributed by atoms with Gasteiger partial charge in [0.05, 0.1) is 12.2 Å². The van der Waals surface area contributed by atoms with E-state index in [0.717, 1.165) is 11.3 Å². The number of thiazole rings is 1. The molecular formula is C17H22ClN3OS. The van der Waals surface area contributed by atoms with Gasteiger partial charge >= 0.3 is 0 Å². The van der Waals surface area contributed by atoms with Gasteiger partial charge in [0.25, 0.3) is 0 Å². The zero-order valence-electron chi connectivity index (χ0n) is 13.0. The van der Waals surface area contributed by atoms with Crippen LogP contribution in [0.25, 0.3) is 11.3 Å². The van der Waals surface area contributed by atoms with Gasteiger partial charge in [-0.05, 0) is 12.8 Å². The van der Waals surface area contributed by atoms with Crippen molar-refractivity contribution in [1.29, 1.82) is 0 Å². The largest absolute Gasteiger partial charge is 0.306 e. The Morgan fingerprint density at radius 1 is 1.17 bits per heavy atom. The molecule has 2 N–H and O–H groups in total. The van der Waals surface area contributed by atoms with E-state index in [0.29, 0.717) is 17.7 Å². The van der Waals surface area contributed by atoms with Gasteiger partial charge in [0.15, 0.2) is 5.13 Å². The van der Waals surface area contributed by atoms with E-state index in [1.807, 2.05) is 35.7 Å². The molecular weight excluding hydrogens is 330 g/mol. The Hall–Kier alpha value is -1.43. The average Bonchev–Trinajstić information content (AvgIpc) is 3.03. The highest BCUT2D eigenvalue weighted by atomic mass is 35.5. The second kappa shape index (κ2) is 9.01. The van der Waals surface area contributed by atoms with Crippen LogP contribution < -0.4 is 10.6 Å². The highest BCUT2D eigenvalue weighted by molar-refractivity contribution is 7.14. The van der Waals surface area contributed by atoms with Crippen molar-refractivity contribution in [2.24, 2.45) is 0 Å². The van der Waals surface area contributed by atoms with Crippen LogP contribution >= 0.6 is 23.7 Å². The van der Waals surface area contributed by atoms with Gasteiger partial charge in [-0.15, -0.1) is 23.7 Å². The van der Waals surface area contributed by atoms with Crippen LogP contribution in [0.2, 0.25) is 0 Å². The third kappa shape index (κ3) is 5.30. The number of carbonyl (C=O) groups is 1. The number of carbonyl (C=O) groups excluding carboxylic acids is 1. The van der Waals surface area contributed by atoms with Crippen molar-refractivity contribution in [1.82, 2.24) is 10.3 Å². The van der Waals surface area contributed by atoms with Crippen molar-refractivity contribution in [3.8, 4) is 11.3 Å². The van der Waals surface area contributed by atoms with Gasteiger partial charge in [-0.25, -0.2) is 4.98 Å². The third-order valence-corrected chi connectivity index (χ3v) is 4.73. The molecule has 1 aromatic carbocycles. The highest BCUT2D eigenvalue weighted by Gasteiger charge is 2.14. The molecule has 1 heterocycles. The van der Waals surface area contributed by atoms with Crippen LogP contribution in [0, 0.1) is 0 Å². The fraction of sp³-hybridized carbons (Fsp3) is 0.412. The van der Waals surface area contributed by atoms with Crippen molar-refractivity contribution in [2.45, 2.75) is 38.1 Å². The number of aromatic nitrogens is 1. The maximum Gasteiger partial charge on any atom is 0.240 e. The lowest BCUT2D eigenvalue weighted by Gasteiger charge is -2.22. The first-order valence-corrected chi connectivity index (χ1v) is 8.73. The number of hydrogen-bond acceptors (Lipinski definition) is 4. The number of nitrogens with one attached hydrogen (secondary N) is 2. The summed E-state index contributed by atoms with van der Waals surface area (Å²) < 4.78 is 0. The first-order chi connectivity index (χ1) is 10.8. The smallest absolute Gasteiger partial charge is 0.240 e. The molecule has 1 fully saturated rings. The van der Waals surface area contributed by atoms with Gasteiger partial charge in [-0.3, -0.25) is 4.79 Å². The molecule has 0 aliphatic heterocycles. The van der Waals surface area contributed by atoms with Crippen LogP contribution in [0.3, 0.4) is 0 Å². The molecule has 0 radical (unpaired) electrons. The van der Waals surface area contributed by atoms with Crippen LogP contribution in [0.4, 0.5) is 5.13 Å². The predicted molar refractivity (Wildman–Crippen MR) is 98.3 cm³/mol. The summed E-state index contributed by atoms with van der Waals surface area (Å²) in [6, 6.07) is 10.5. The Morgan fingerprint density at radius 3 is 2.65 bits per heavy atom. The summed E-state index contributed by atoms with van der Waals surface area (Å²) in [6.45, 7) is 0.366. The quantitative estimate of drug-likeness (QED) is 0.852. The number of amides is 1. The zero-order valence-corrected chi connectivity index (χ0v) is 14.6. The Balaban J connectivity index is 0.00000192. The maximum atomic E-state index is 12.0. The summed E-state index contributed by atoms with van der Waals surface area (Å²) in [5, 5.41) is 8.86. The minimum absolute atomic E-state index is 0. The van der Waals surface area contributed by atoms with E-state index in [2.05, 4.69) is 15.6 Å². The Labute approximate surface area is 147 Å². The summed E-state index contributed by atoms with van der Waals surface area (Å²) in [7, 11) is 0. The van der Waals surface area contributed by atoms with Crippen molar-refractivity contribution >= 4 is 34.8 Å². The number of halogens is 1. The van der Waals surface area contributed by atoms with Crippen molar-refractivity contribution in [2.75, 3.05) is 11.9 Å². The molecule has 0 spiro atoms. The molecule has 4 nitrogen and oxygen atoms in total. The number of hydrogen-bond donors (Lipinski definition) is 2. The zero-order chi connectivity index (χ0) is 15.2. The Kier molecular flexibility index (Phi) is 7.02. The predicted octanol–water partition coefficient (Wildman–Crippen LogP) is 4.09. The van der Waals surface area contributed by atoms with Crippen molar-refractivity contribution < 1.29 is 4.79 Å². The fourth-order valence-corrected chi connectivity index (χ4v) is 3.52. The minimum atomic E-state index is -0.0143. The van der Waals surface area contributed by atoms with Gasteiger partial charge in [0.2, 0.25) is 5.91 Å². The van der Waals surface area contributed by atoms with Crippen LogP contribution in [0.5, 0.6) is 0 Å². The molecule has 1 amide bonds. The molecule has 6 heteroatoms. The van der Waals surface area contributed by atoms with E-state index in [1.165, 1.54) is 43.4 Å². The average molecular weight is 352 g/mol. The summed E-state index contributed by atoms with van der Waals surface area (Å²) >= 11 is 1.46. The third-order valence-electron chi connectivity index (χ3n) is 3.98. The number of nitrogens with zero attached hydrogens (tertiary/aromatic N) is 1. The molecule has 23 heavy (non-hydrogen) atoms. The van der Waals surface area contributed by atoms with Crippen LogP contribution in [0.1, 0.15) is 32.1 Å². The number of anilines is 1. The Morgan fingerprint density at radius 2 is 1.91 bits per heavy atom. The van der Waals surface area contributed by atoms with Crippen molar-refractivity contribution in [3.05, 3.63) is 35.7 Å². The van der Waals surface area contributed by atoms with E-state index in [1.54, 1.807) is 0 Å². The normalized spacial score (nSPS) is 15.0.